The molecule has 3 aromatic rings. The van der Waals surface area contributed by atoms with Gasteiger partial charge in [-0.25, -0.2) is 13.4 Å². The number of nitrogens with one attached hydrogen (secondary N) is 1. The third kappa shape index (κ3) is 2.50. The summed E-state index contributed by atoms with van der Waals surface area (Å²) in [6, 6.07) is 14.6. The van der Waals surface area contributed by atoms with E-state index in [0.29, 0.717) is 0 Å². The number of aromatic amines is 1. The molecule has 3 rings (SSSR count). The van der Waals surface area contributed by atoms with Crippen LogP contribution in [0.2, 0.25) is 0 Å². The van der Waals surface area contributed by atoms with E-state index in [2.05, 4.69) is 9.97 Å². The first-order chi connectivity index (χ1) is 9.04. The van der Waals surface area contributed by atoms with Crippen LogP contribution in [0.5, 0.6) is 0 Å². The Labute approximate surface area is 122 Å². The van der Waals surface area contributed by atoms with E-state index in [1.54, 1.807) is 18.2 Å². The number of imidazole rings is 1. The lowest BCUT2D eigenvalue weighted by Gasteiger charge is -1.95. The van der Waals surface area contributed by atoms with Gasteiger partial charge in [0.1, 0.15) is 5.82 Å². The molecule has 0 fully saturated rings. The van der Waals surface area contributed by atoms with E-state index in [1.807, 2.05) is 30.3 Å². The maximum absolute atomic E-state index is 11.5. The standard InChI is InChI=1S/C13H9IN2O2S/c14-19(17,18)10-6-7-11-12(8-10)16-13(15-11)9-4-2-1-3-5-9/h1-8H,(H,15,16). The van der Waals surface area contributed by atoms with Crippen molar-refractivity contribution in [2.75, 3.05) is 0 Å². The molecule has 0 aliphatic heterocycles. The van der Waals surface area contributed by atoms with Gasteiger partial charge in [-0.05, 0) is 18.2 Å². The summed E-state index contributed by atoms with van der Waals surface area (Å²) in [5.74, 6) is 0.735. The Morgan fingerprint density at radius 3 is 2.47 bits per heavy atom. The Kier molecular flexibility index (Phi) is 3.06. The molecular weight excluding hydrogens is 375 g/mol. The second-order valence-electron chi connectivity index (χ2n) is 4.07. The van der Waals surface area contributed by atoms with Gasteiger partial charge in [-0.3, -0.25) is 0 Å². The first-order valence-electron chi connectivity index (χ1n) is 5.54. The molecule has 2 aromatic carbocycles. The second-order valence-corrected chi connectivity index (χ2v) is 8.89. The molecule has 0 saturated carbocycles. The third-order valence-electron chi connectivity index (χ3n) is 2.78. The van der Waals surface area contributed by atoms with Crippen LogP contribution < -0.4 is 0 Å². The van der Waals surface area contributed by atoms with Gasteiger partial charge in [-0.15, -0.1) is 0 Å². The van der Waals surface area contributed by atoms with Crippen LogP contribution in [0.15, 0.2) is 53.4 Å². The van der Waals surface area contributed by atoms with Crippen molar-refractivity contribution in [1.29, 1.82) is 0 Å². The lowest BCUT2D eigenvalue weighted by molar-refractivity contribution is 0.613. The zero-order chi connectivity index (χ0) is 13.5. The number of halogens is 1. The van der Waals surface area contributed by atoms with Gasteiger partial charge in [-0.2, -0.15) is 0 Å². The predicted molar refractivity (Wildman–Crippen MR) is 82.7 cm³/mol. The van der Waals surface area contributed by atoms with Gasteiger partial charge in [0, 0.05) is 5.56 Å². The van der Waals surface area contributed by atoms with Gasteiger partial charge in [0.05, 0.1) is 37.1 Å². The summed E-state index contributed by atoms with van der Waals surface area (Å²) in [5.41, 5.74) is 2.44. The smallest absolute Gasteiger partial charge is 0.231 e. The highest BCUT2D eigenvalue weighted by molar-refractivity contribution is 14.2. The van der Waals surface area contributed by atoms with Crippen LogP contribution in [0.4, 0.5) is 0 Å². The van der Waals surface area contributed by atoms with Crippen molar-refractivity contribution < 1.29 is 8.42 Å². The molecule has 0 unspecified atom stereocenters. The summed E-state index contributed by atoms with van der Waals surface area (Å²) in [6.07, 6.45) is 0. The summed E-state index contributed by atoms with van der Waals surface area (Å²) in [5, 5.41) is 0. The minimum atomic E-state index is -3.23. The third-order valence-corrected chi connectivity index (χ3v) is 5.12. The van der Waals surface area contributed by atoms with Crippen LogP contribution in [0, 0.1) is 0 Å². The monoisotopic (exact) mass is 384 g/mol. The summed E-state index contributed by atoms with van der Waals surface area (Å²) in [4.78, 5) is 7.88. The molecule has 0 amide bonds. The van der Waals surface area contributed by atoms with Gasteiger partial charge >= 0.3 is 0 Å². The topological polar surface area (TPSA) is 62.8 Å². The number of hydrogen-bond donors (Lipinski definition) is 1. The molecule has 1 N–H and O–H groups in total. The van der Waals surface area contributed by atoms with E-state index >= 15 is 0 Å². The molecule has 0 saturated heterocycles. The quantitative estimate of drug-likeness (QED) is 0.545. The lowest BCUT2D eigenvalue weighted by Crippen LogP contribution is -1.88. The summed E-state index contributed by atoms with van der Waals surface area (Å²) < 4.78 is 23.0. The summed E-state index contributed by atoms with van der Waals surface area (Å²) in [6.45, 7) is 0. The Morgan fingerprint density at radius 2 is 1.79 bits per heavy atom. The molecule has 0 radical (unpaired) electrons. The molecule has 4 nitrogen and oxygen atoms in total. The van der Waals surface area contributed by atoms with Crippen LogP contribution in [-0.2, 0) is 7.01 Å². The second kappa shape index (κ2) is 4.61. The highest BCUT2D eigenvalue weighted by Crippen LogP contribution is 2.24. The fraction of sp³-hybridized carbons (Fsp3) is 0. The molecule has 1 aromatic heterocycles. The molecule has 96 valence electrons. The Hall–Kier alpha value is -1.41. The maximum atomic E-state index is 11.5. The number of aromatic nitrogens is 2. The zero-order valence-electron chi connectivity index (χ0n) is 9.67. The van der Waals surface area contributed by atoms with Crippen LogP contribution in [0.3, 0.4) is 0 Å². The average molecular weight is 384 g/mol. The molecule has 0 atom stereocenters. The average Bonchev–Trinajstić information content (AvgIpc) is 2.81. The Bertz CT molecular complexity index is 841. The van der Waals surface area contributed by atoms with Crippen LogP contribution in [0.1, 0.15) is 0 Å². The van der Waals surface area contributed by atoms with Crippen molar-refractivity contribution in [3.05, 3.63) is 48.5 Å². The van der Waals surface area contributed by atoms with Gasteiger partial charge in [0.25, 0.3) is 0 Å². The SMILES string of the molecule is O=S(=O)(I)c1ccc2nc(-c3ccccc3)[nH]c2c1. The first kappa shape index (κ1) is 12.6. The number of fused-ring (bicyclic) bond motifs is 1. The number of nitrogens with zero attached hydrogens (tertiary/aromatic N) is 1. The molecule has 1 heterocycles. The van der Waals surface area contributed by atoms with Crippen LogP contribution in [-0.4, -0.2) is 18.4 Å². The van der Waals surface area contributed by atoms with E-state index in [9.17, 15) is 8.42 Å². The molecule has 0 aliphatic rings. The number of benzene rings is 2. The highest BCUT2D eigenvalue weighted by atomic mass is 127. The van der Waals surface area contributed by atoms with Crippen LogP contribution in [0.25, 0.3) is 22.4 Å². The minimum absolute atomic E-state index is 0.281. The molecule has 19 heavy (non-hydrogen) atoms. The van der Waals surface area contributed by atoms with Crippen LogP contribution >= 0.6 is 21.2 Å². The molecule has 0 bridgehead atoms. The zero-order valence-corrected chi connectivity index (χ0v) is 12.6. The van der Waals surface area contributed by atoms with E-state index in [1.165, 1.54) is 21.2 Å². The number of rotatable bonds is 2. The highest BCUT2D eigenvalue weighted by Gasteiger charge is 2.12. The maximum Gasteiger partial charge on any atom is 0.231 e. The van der Waals surface area contributed by atoms with Gasteiger partial charge in [0.2, 0.25) is 7.01 Å². The van der Waals surface area contributed by atoms with Crippen molar-refractivity contribution in [2.24, 2.45) is 0 Å². The predicted octanol–water partition coefficient (Wildman–Crippen LogP) is 3.35. The van der Waals surface area contributed by atoms with Gasteiger partial charge in [0.15, 0.2) is 0 Å². The van der Waals surface area contributed by atoms with Crippen molar-refractivity contribution in [3.8, 4) is 11.4 Å². The van der Waals surface area contributed by atoms with E-state index < -0.39 is 7.01 Å². The molecular formula is C13H9IN2O2S. The summed E-state index contributed by atoms with van der Waals surface area (Å²) in [7, 11) is -3.23. The largest absolute Gasteiger partial charge is 0.338 e. The Morgan fingerprint density at radius 1 is 1.05 bits per heavy atom. The van der Waals surface area contributed by atoms with E-state index in [4.69, 9.17) is 0 Å². The Balaban J connectivity index is 2.17. The van der Waals surface area contributed by atoms with Crippen molar-refractivity contribution in [3.63, 3.8) is 0 Å². The summed E-state index contributed by atoms with van der Waals surface area (Å²) >= 11 is 1.43. The molecule has 0 aliphatic carbocycles. The number of hydrogen-bond acceptors (Lipinski definition) is 3. The molecule has 6 heteroatoms. The van der Waals surface area contributed by atoms with E-state index in [0.717, 1.165) is 22.4 Å². The van der Waals surface area contributed by atoms with Gasteiger partial charge < -0.3 is 4.98 Å². The number of H-pyrrole nitrogens is 1. The first-order valence-corrected chi connectivity index (χ1v) is 9.56. The lowest BCUT2D eigenvalue weighted by atomic mass is 10.2. The minimum Gasteiger partial charge on any atom is -0.338 e. The van der Waals surface area contributed by atoms with Crippen molar-refractivity contribution in [1.82, 2.24) is 9.97 Å². The molecule has 0 spiro atoms. The fourth-order valence-electron chi connectivity index (χ4n) is 1.87. The fourth-order valence-corrected chi connectivity index (χ4v) is 3.18. The van der Waals surface area contributed by atoms with Crippen molar-refractivity contribution >= 4 is 39.2 Å². The van der Waals surface area contributed by atoms with Crippen molar-refractivity contribution in [2.45, 2.75) is 4.90 Å². The van der Waals surface area contributed by atoms with E-state index in [-0.39, 0.29) is 4.90 Å². The van der Waals surface area contributed by atoms with Gasteiger partial charge in [-0.1, -0.05) is 30.3 Å². The normalized spacial score (nSPS) is 11.8.